The number of nitrogens with zero attached hydrogens (tertiary/aromatic N) is 3. The van der Waals surface area contributed by atoms with E-state index in [-0.39, 0.29) is 24.0 Å². The number of carbonyl (C=O) groups is 2. The van der Waals surface area contributed by atoms with Gasteiger partial charge in [0.05, 0.1) is 22.4 Å². The fourth-order valence-corrected chi connectivity index (χ4v) is 5.06. The number of benzene rings is 1. The summed E-state index contributed by atoms with van der Waals surface area (Å²) in [6, 6.07) is 6.03. The van der Waals surface area contributed by atoms with Gasteiger partial charge in [0.15, 0.2) is 5.13 Å². The van der Waals surface area contributed by atoms with E-state index in [1.54, 1.807) is 11.3 Å². The molecule has 1 aromatic carbocycles. The fourth-order valence-electron chi connectivity index (χ4n) is 3.58. The molecule has 3 N–H and O–H groups in total. The monoisotopic (exact) mass is 429 g/mol. The van der Waals surface area contributed by atoms with Gasteiger partial charge in [-0.25, -0.2) is 9.97 Å². The van der Waals surface area contributed by atoms with Crippen molar-refractivity contribution in [2.75, 3.05) is 18.0 Å². The molecule has 2 aromatic heterocycles. The van der Waals surface area contributed by atoms with Crippen molar-refractivity contribution in [2.24, 2.45) is 11.7 Å². The minimum Gasteiger partial charge on any atom is -0.488 e. The van der Waals surface area contributed by atoms with E-state index >= 15 is 0 Å². The first-order chi connectivity index (χ1) is 14.1. The normalized spacial score (nSPS) is 21.4. The third kappa shape index (κ3) is 3.53. The van der Waals surface area contributed by atoms with Gasteiger partial charge in [0, 0.05) is 19.0 Å². The molecule has 29 heavy (non-hydrogen) atoms. The number of fused-ring (bicyclic) bond motifs is 1. The molecular formula is C19H19N5O3S2. The molecule has 0 bridgehead atoms. The Hall–Kier alpha value is -2.72. The van der Waals surface area contributed by atoms with E-state index in [2.05, 4.69) is 15.3 Å². The van der Waals surface area contributed by atoms with E-state index in [0.29, 0.717) is 18.0 Å². The number of nitrogens with one attached hydrogen (secondary N) is 1. The van der Waals surface area contributed by atoms with Crippen molar-refractivity contribution >= 4 is 49.8 Å². The lowest BCUT2D eigenvalue weighted by Gasteiger charge is -2.41. The molecule has 1 aliphatic carbocycles. The minimum absolute atomic E-state index is 0.00925. The summed E-state index contributed by atoms with van der Waals surface area (Å²) in [6.07, 6.45) is 2.99. The van der Waals surface area contributed by atoms with Crippen LogP contribution in [0.1, 0.15) is 22.5 Å². The Morgan fingerprint density at radius 3 is 2.83 bits per heavy atom. The van der Waals surface area contributed by atoms with Gasteiger partial charge in [-0.1, -0.05) is 17.4 Å². The van der Waals surface area contributed by atoms with Crippen LogP contribution in [0.3, 0.4) is 0 Å². The number of primary amides is 1. The second kappa shape index (κ2) is 7.27. The Labute approximate surface area is 174 Å². The number of hydrogen-bond acceptors (Lipinski definition) is 8. The number of anilines is 1. The first-order valence-electron chi connectivity index (χ1n) is 9.36. The first kappa shape index (κ1) is 18.3. The molecule has 1 saturated carbocycles. The molecule has 2 fully saturated rings. The van der Waals surface area contributed by atoms with Crippen molar-refractivity contribution in [3.8, 4) is 5.75 Å². The summed E-state index contributed by atoms with van der Waals surface area (Å²) in [6.45, 7) is 1.38. The lowest BCUT2D eigenvalue weighted by atomic mass is 9.81. The molecule has 0 radical (unpaired) electrons. The van der Waals surface area contributed by atoms with Crippen molar-refractivity contribution in [3.63, 3.8) is 0 Å². The van der Waals surface area contributed by atoms with Gasteiger partial charge in [-0.05, 0) is 25.0 Å². The topological polar surface area (TPSA) is 110 Å². The standard InChI is InChI=1S/C19H19N5O3S2/c20-17(25)15-6-21-19(29-15)24-7-11(8-24)23-18(26)10-4-12(5-10)27-13-2-1-3-14-16(13)22-9-28-14/h1-3,6,9-12H,4-5,7-8H2,(H2,20,25)(H,23,26)/t10-,12-. The number of rotatable bonds is 6. The highest BCUT2D eigenvalue weighted by Crippen LogP contribution is 2.35. The molecule has 10 heteroatoms. The van der Waals surface area contributed by atoms with Crippen LogP contribution in [0.15, 0.2) is 29.9 Å². The predicted octanol–water partition coefficient (Wildman–Crippen LogP) is 2.01. The summed E-state index contributed by atoms with van der Waals surface area (Å²) >= 11 is 2.87. The van der Waals surface area contributed by atoms with Gasteiger partial charge in [-0.15, -0.1) is 11.3 Å². The molecule has 150 valence electrons. The number of amides is 2. The number of thiazole rings is 2. The number of carbonyl (C=O) groups excluding carboxylic acids is 2. The number of hydrogen-bond donors (Lipinski definition) is 2. The van der Waals surface area contributed by atoms with E-state index in [9.17, 15) is 9.59 Å². The summed E-state index contributed by atoms with van der Waals surface area (Å²) in [5, 5.41) is 3.86. The maximum absolute atomic E-state index is 12.5. The summed E-state index contributed by atoms with van der Waals surface area (Å²) in [4.78, 5) is 34.7. The molecular weight excluding hydrogens is 410 g/mol. The van der Waals surface area contributed by atoms with Gasteiger partial charge >= 0.3 is 0 Å². The maximum atomic E-state index is 12.5. The van der Waals surface area contributed by atoms with Crippen molar-refractivity contribution in [1.29, 1.82) is 0 Å². The highest BCUT2D eigenvalue weighted by molar-refractivity contribution is 7.17. The minimum atomic E-state index is -0.466. The van der Waals surface area contributed by atoms with Gasteiger partial charge in [0.2, 0.25) is 5.91 Å². The number of para-hydroxylation sites is 1. The zero-order valence-corrected chi connectivity index (χ0v) is 17.0. The molecule has 3 heterocycles. The van der Waals surface area contributed by atoms with Crippen LogP contribution in [0.5, 0.6) is 5.75 Å². The van der Waals surface area contributed by atoms with Crippen molar-refractivity contribution in [2.45, 2.75) is 25.0 Å². The van der Waals surface area contributed by atoms with Crippen LogP contribution in [0.25, 0.3) is 10.2 Å². The van der Waals surface area contributed by atoms with Crippen LogP contribution in [-0.4, -0.2) is 47.0 Å². The quantitative estimate of drug-likeness (QED) is 0.620. The van der Waals surface area contributed by atoms with Crippen LogP contribution in [0.2, 0.25) is 0 Å². The largest absolute Gasteiger partial charge is 0.488 e. The SMILES string of the molecule is NC(=O)c1cnc(N2CC(NC(=O)[C@H]3C[C@H](Oc4cccc5scnc45)C3)C2)s1. The molecule has 3 aromatic rings. The molecule has 0 unspecified atom stereocenters. The number of nitrogens with two attached hydrogens (primary N) is 1. The van der Waals surface area contributed by atoms with E-state index in [1.807, 2.05) is 28.6 Å². The van der Waals surface area contributed by atoms with Crippen LogP contribution in [0, 0.1) is 5.92 Å². The second-order valence-corrected chi connectivity index (χ2v) is 9.24. The van der Waals surface area contributed by atoms with Crippen LogP contribution >= 0.6 is 22.7 Å². The first-order valence-corrected chi connectivity index (χ1v) is 11.1. The van der Waals surface area contributed by atoms with Crippen molar-refractivity contribution in [1.82, 2.24) is 15.3 Å². The Bertz CT molecular complexity index is 1070. The highest BCUT2D eigenvalue weighted by atomic mass is 32.1. The Kier molecular flexibility index (Phi) is 4.59. The van der Waals surface area contributed by atoms with E-state index in [4.69, 9.17) is 10.5 Å². The average Bonchev–Trinajstić information content (AvgIpc) is 3.29. The molecule has 1 aliphatic heterocycles. The number of ether oxygens (including phenoxy) is 1. The third-order valence-electron chi connectivity index (χ3n) is 5.32. The summed E-state index contributed by atoms with van der Waals surface area (Å²) in [7, 11) is 0. The van der Waals surface area contributed by atoms with Gasteiger partial charge < -0.3 is 20.7 Å². The van der Waals surface area contributed by atoms with E-state index in [1.165, 1.54) is 17.5 Å². The molecule has 0 spiro atoms. The second-order valence-electron chi connectivity index (χ2n) is 7.35. The predicted molar refractivity (Wildman–Crippen MR) is 112 cm³/mol. The summed E-state index contributed by atoms with van der Waals surface area (Å²) in [5.41, 5.74) is 7.97. The Morgan fingerprint density at radius 2 is 2.07 bits per heavy atom. The lowest BCUT2D eigenvalue weighted by molar-refractivity contribution is -0.131. The zero-order chi connectivity index (χ0) is 20.0. The van der Waals surface area contributed by atoms with Crippen LogP contribution < -0.4 is 20.7 Å². The van der Waals surface area contributed by atoms with Gasteiger partial charge in [0.25, 0.3) is 5.91 Å². The molecule has 5 rings (SSSR count). The van der Waals surface area contributed by atoms with E-state index in [0.717, 1.165) is 33.9 Å². The smallest absolute Gasteiger partial charge is 0.260 e. The van der Waals surface area contributed by atoms with Gasteiger partial charge in [-0.3, -0.25) is 9.59 Å². The summed E-state index contributed by atoms with van der Waals surface area (Å²) in [5.74, 6) is 0.399. The molecule has 0 atom stereocenters. The molecule has 2 aliphatic rings. The Morgan fingerprint density at radius 1 is 1.24 bits per heavy atom. The van der Waals surface area contributed by atoms with Gasteiger partial charge in [-0.2, -0.15) is 0 Å². The maximum Gasteiger partial charge on any atom is 0.260 e. The molecule has 1 saturated heterocycles. The van der Waals surface area contributed by atoms with E-state index < -0.39 is 5.91 Å². The lowest BCUT2D eigenvalue weighted by Crippen LogP contribution is -2.61. The zero-order valence-electron chi connectivity index (χ0n) is 15.4. The third-order valence-corrected chi connectivity index (χ3v) is 7.18. The van der Waals surface area contributed by atoms with Crippen LogP contribution in [-0.2, 0) is 4.79 Å². The van der Waals surface area contributed by atoms with Crippen LogP contribution in [0.4, 0.5) is 5.13 Å². The highest BCUT2D eigenvalue weighted by Gasteiger charge is 2.39. The average molecular weight is 430 g/mol. The fraction of sp³-hybridized carbons (Fsp3) is 0.368. The van der Waals surface area contributed by atoms with Crippen molar-refractivity contribution in [3.05, 3.63) is 34.8 Å². The molecule has 2 amide bonds. The van der Waals surface area contributed by atoms with Gasteiger partial charge in [0.1, 0.15) is 22.2 Å². The summed E-state index contributed by atoms with van der Waals surface area (Å²) < 4.78 is 7.16. The number of aromatic nitrogens is 2. The van der Waals surface area contributed by atoms with Crippen molar-refractivity contribution < 1.29 is 14.3 Å². The Balaban J connectivity index is 1.08. The molecule has 8 nitrogen and oxygen atoms in total.